The Bertz CT molecular complexity index is 787. The van der Waals surface area contributed by atoms with Crippen LogP contribution < -0.4 is 4.74 Å². The molecular weight excluding hydrogens is 371 g/mol. The van der Waals surface area contributed by atoms with Gasteiger partial charge in [0.15, 0.2) is 0 Å². The molecule has 1 aliphatic heterocycles. The van der Waals surface area contributed by atoms with Crippen molar-refractivity contribution in [1.82, 2.24) is 9.88 Å². The Morgan fingerprint density at radius 2 is 1.85 bits per heavy atom. The van der Waals surface area contributed by atoms with E-state index in [0.717, 1.165) is 19.3 Å². The monoisotopic (exact) mass is 392 g/mol. The van der Waals surface area contributed by atoms with E-state index in [4.69, 9.17) is 27.9 Å². The number of nitrogens with zero attached hydrogens (tertiary/aromatic N) is 2. The van der Waals surface area contributed by atoms with E-state index in [-0.39, 0.29) is 24.6 Å². The fourth-order valence-corrected chi connectivity index (χ4v) is 3.73. The van der Waals surface area contributed by atoms with E-state index in [1.165, 1.54) is 0 Å². The molecule has 2 heterocycles. The lowest BCUT2D eigenvalue weighted by Crippen LogP contribution is -2.47. The van der Waals surface area contributed by atoms with Crippen molar-refractivity contribution in [3.8, 4) is 5.75 Å². The zero-order chi connectivity index (χ0) is 18.7. The third-order valence-electron chi connectivity index (χ3n) is 4.75. The lowest BCUT2D eigenvalue weighted by molar-refractivity contribution is 0.0504. The van der Waals surface area contributed by atoms with Gasteiger partial charge < -0.3 is 9.64 Å². The maximum Gasteiger partial charge on any atom is 0.272 e. The van der Waals surface area contributed by atoms with Gasteiger partial charge in [0.05, 0.1) is 10.7 Å². The topological polar surface area (TPSA) is 42.4 Å². The third kappa shape index (κ3) is 4.13. The number of aromatic nitrogens is 1. The number of amides is 1. The van der Waals surface area contributed by atoms with Gasteiger partial charge in [-0.15, -0.1) is 0 Å². The van der Waals surface area contributed by atoms with E-state index in [1.54, 1.807) is 24.3 Å². The summed E-state index contributed by atoms with van der Waals surface area (Å²) in [6, 6.07) is 11.1. The molecule has 1 amide bonds. The summed E-state index contributed by atoms with van der Waals surface area (Å²) in [5.41, 5.74) is 1.12. The van der Waals surface area contributed by atoms with Crippen LogP contribution in [-0.2, 0) is 6.61 Å². The fraction of sp³-hybridized carbons (Fsp3) is 0.400. The Kier molecular flexibility index (Phi) is 6.05. The molecule has 1 saturated heterocycles. The minimum Gasteiger partial charge on any atom is -0.486 e. The average molecular weight is 393 g/mol. The number of halogens is 2. The van der Waals surface area contributed by atoms with Crippen LogP contribution in [-0.4, -0.2) is 27.9 Å². The first-order valence-corrected chi connectivity index (χ1v) is 9.58. The summed E-state index contributed by atoms with van der Waals surface area (Å²) in [5.74, 6) is 0.475. The van der Waals surface area contributed by atoms with E-state index >= 15 is 0 Å². The third-order valence-corrected chi connectivity index (χ3v) is 5.55. The molecule has 138 valence electrons. The van der Waals surface area contributed by atoms with Crippen molar-refractivity contribution in [3.63, 3.8) is 0 Å². The van der Waals surface area contributed by atoms with Crippen molar-refractivity contribution in [2.45, 2.75) is 51.8 Å². The van der Waals surface area contributed by atoms with Gasteiger partial charge in [0.25, 0.3) is 5.91 Å². The minimum absolute atomic E-state index is 0.0210. The standard InChI is InChI=1S/C20H22Cl2N2O2/c1-13-6-3-7-14(2)24(13)20(25)17-10-4-8-15(23-17)12-26-18-11-5-9-16(21)19(18)22/h4-5,8-11,13-14H,3,6-7,12H2,1-2H3. The van der Waals surface area contributed by atoms with Crippen LogP contribution in [0.3, 0.4) is 0 Å². The lowest BCUT2D eigenvalue weighted by atomic mass is 9.97. The number of pyridine rings is 1. The molecule has 3 rings (SSSR count). The molecule has 26 heavy (non-hydrogen) atoms. The van der Waals surface area contributed by atoms with Gasteiger partial charge in [-0.1, -0.05) is 35.3 Å². The highest BCUT2D eigenvalue weighted by atomic mass is 35.5. The van der Waals surface area contributed by atoms with E-state index in [9.17, 15) is 4.79 Å². The Hall–Kier alpha value is -1.78. The predicted octanol–water partition coefficient (Wildman–Crippen LogP) is 5.37. The molecule has 0 spiro atoms. The highest BCUT2D eigenvalue weighted by molar-refractivity contribution is 6.42. The summed E-state index contributed by atoms with van der Waals surface area (Å²) in [4.78, 5) is 19.4. The van der Waals surface area contributed by atoms with Crippen molar-refractivity contribution in [1.29, 1.82) is 0 Å². The maximum atomic E-state index is 12.9. The number of hydrogen-bond donors (Lipinski definition) is 0. The van der Waals surface area contributed by atoms with Crippen LogP contribution in [0.4, 0.5) is 0 Å². The molecule has 4 nitrogen and oxygen atoms in total. The van der Waals surface area contributed by atoms with E-state index in [2.05, 4.69) is 18.8 Å². The van der Waals surface area contributed by atoms with Crippen molar-refractivity contribution < 1.29 is 9.53 Å². The maximum absolute atomic E-state index is 12.9. The van der Waals surface area contributed by atoms with Crippen LogP contribution in [0, 0.1) is 0 Å². The van der Waals surface area contributed by atoms with Crippen LogP contribution in [0.15, 0.2) is 36.4 Å². The predicted molar refractivity (Wildman–Crippen MR) is 104 cm³/mol. The molecule has 1 fully saturated rings. The second-order valence-electron chi connectivity index (χ2n) is 6.70. The number of ether oxygens (including phenoxy) is 1. The second-order valence-corrected chi connectivity index (χ2v) is 7.48. The first kappa shape index (κ1) is 19.0. The number of rotatable bonds is 4. The zero-order valence-corrected chi connectivity index (χ0v) is 16.4. The molecule has 1 aromatic heterocycles. The Labute approximate surface area is 164 Å². The molecule has 0 radical (unpaired) electrons. The quantitative estimate of drug-likeness (QED) is 0.701. The normalized spacial score (nSPS) is 20.1. The molecule has 6 heteroatoms. The van der Waals surface area contributed by atoms with Gasteiger partial charge in [0.2, 0.25) is 0 Å². The Morgan fingerprint density at radius 3 is 2.58 bits per heavy atom. The summed E-state index contributed by atoms with van der Waals surface area (Å²) in [6.07, 6.45) is 3.23. The molecule has 2 aromatic rings. The van der Waals surface area contributed by atoms with Crippen molar-refractivity contribution in [3.05, 3.63) is 57.8 Å². The van der Waals surface area contributed by atoms with E-state index in [1.807, 2.05) is 17.0 Å². The number of hydrogen-bond acceptors (Lipinski definition) is 3. The fourth-order valence-electron chi connectivity index (χ4n) is 3.38. The molecule has 0 bridgehead atoms. The summed E-state index contributed by atoms with van der Waals surface area (Å²) in [5, 5.41) is 0.812. The largest absolute Gasteiger partial charge is 0.486 e. The van der Waals surface area contributed by atoms with Gasteiger partial charge in [-0.2, -0.15) is 0 Å². The van der Waals surface area contributed by atoms with Crippen LogP contribution in [0.2, 0.25) is 10.0 Å². The first-order chi connectivity index (χ1) is 12.5. The van der Waals surface area contributed by atoms with Crippen molar-refractivity contribution in [2.24, 2.45) is 0 Å². The minimum atomic E-state index is -0.0210. The molecule has 0 aliphatic carbocycles. The highest BCUT2D eigenvalue weighted by Gasteiger charge is 2.30. The SMILES string of the molecule is CC1CCCC(C)N1C(=O)c1cccc(COc2cccc(Cl)c2Cl)n1. The molecule has 2 unspecified atom stereocenters. The van der Waals surface area contributed by atoms with Gasteiger partial charge in [0.1, 0.15) is 23.1 Å². The molecule has 0 N–H and O–H groups in total. The molecular formula is C20H22Cl2N2O2. The highest BCUT2D eigenvalue weighted by Crippen LogP contribution is 2.32. The van der Waals surface area contributed by atoms with Crippen LogP contribution in [0.25, 0.3) is 0 Å². The number of carbonyl (C=O) groups excluding carboxylic acids is 1. The number of carbonyl (C=O) groups is 1. The Balaban J connectivity index is 1.73. The molecule has 2 atom stereocenters. The summed E-state index contributed by atoms with van der Waals surface area (Å²) in [7, 11) is 0. The number of likely N-dealkylation sites (tertiary alicyclic amines) is 1. The summed E-state index contributed by atoms with van der Waals surface area (Å²) < 4.78 is 5.72. The molecule has 1 aliphatic rings. The van der Waals surface area contributed by atoms with Gasteiger partial charge in [-0.3, -0.25) is 4.79 Å². The van der Waals surface area contributed by atoms with E-state index in [0.29, 0.717) is 27.2 Å². The Morgan fingerprint density at radius 1 is 1.15 bits per heavy atom. The van der Waals surface area contributed by atoms with Gasteiger partial charge in [-0.25, -0.2) is 4.98 Å². The summed E-state index contributed by atoms with van der Waals surface area (Å²) >= 11 is 12.1. The summed E-state index contributed by atoms with van der Waals surface area (Å²) in [6.45, 7) is 4.41. The smallest absolute Gasteiger partial charge is 0.272 e. The van der Waals surface area contributed by atoms with Gasteiger partial charge >= 0.3 is 0 Å². The van der Waals surface area contributed by atoms with Crippen LogP contribution >= 0.6 is 23.2 Å². The number of piperidine rings is 1. The van der Waals surface area contributed by atoms with Crippen molar-refractivity contribution in [2.75, 3.05) is 0 Å². The van der Waals surface area contributed by atoms with Crippen molar-refractivity contribution >= 4 is 29.1 Å². The molecule has 0 saturated carbocycles. The van der Waals surface area contributed by atoms with Crippen LogP contribution in [0.5, 0.6) is 5.75 Å². The first-order valence-electron chi connectivity index (χ1n) is 8.82. The average Bonchev–Trinajstić information content (AvgIpc) is 2.63. The van der Waals surface area contributed by atoms with Gasteiger partial charge in [0, 0.05) is 12.1 Å². The molecule has 1 aromatic carbocycles. The van der Waals surface area contributed by atoms with E-state index < -0.39 is 0 Å². The van der Waals surface area contributed by atoms with Gasteiger partial charge in [-0.05, 0) is 57.4 Å². The second kappa shape index (κ2) is 8.28. The van der Waals surface area contributed by atoms with Crippen LogP contribution in [0.1, 0.15) is 49.3 Å². The zero-order valence-electron chi connectivity index (χ0n) is 14.9. The lowest BCUT2D eigenvalue weighted by Gasteiger charge is -2.38. The number of benzene rings is 1.